The lowest BCUT2D eigenvalue weighted by molar-refractivity contribution is -0.144. The van der Waals surface area contributed by atoms with E-state index in [1.54, 1.807) is 48.5 Å². The number of carbonyl (C=O) groups excluding carboxylic acids is 3. The Morgan fingerprint density at radius 1 is 1.07 bits per heavy atom. The molecule has 0 saturated carbocycles. The van der Waals surface area contributed by atoms with Crippen molar-refractivity contribution in [3.8, 4) is 0 Å². The largest absolute Gasteiger partial charge is 0.470 e. The van der Waals surface area contributed by atoms with Crippen molar-refractivity contribution in [1.82, 2.24) is 0 Å². The predicted molar refractivity (Wildman–Crippen MR) is 99.1 cm³/mol. The van der Waals surface area contributed by atoms with E-state index >= 15 is 0 Å². The van der Waals surface area contributed by atoms with E-state index in [0.717, 1.165) is 0 Å². The average molecular weight is 387 g/mol. The number of ether oxygens (including phenoxy) is 2. The molecule has 0 radical (unpaired) electrons. The Morgan fingerprint density at radius 2 is 1.78 bits per heavy atom. The van der Waals surface area contributed by atoms with Gasteiger partial charge in [-0.1, -0.05) is 41.9 Å². The molecule has 138 valence electrons. The van der Waals surface area contributed by atoms with Crippen molar-refractivity contribution in [1.29, 1.82) is 0 Å². The molecule has 1 heterocycles. The van der Waals surface area contributed by atoms with Crippen molar-refractivity contribution in [2.24, 2.45) is 0 Å². The summed E-state index contributed by atoms with van der Waals surface area (Å²) in [5, 5.41) is 5.73. The summed E-state index contributed by atoms with van der Waals surface area (Å²) in [4.78, 5) is 36.2. The molecule has 7 nitrogen and oxygen atoms in total. The van der Waals surface area contributed by atoms with Crippen molar-refractivity contribution in [3.63, 3.8) is 0 Å². The molecule has 0 aliphatic carbocycles. The molecule has 0 aromatic heterocycles. The first-order valence-electron chi connectivity index (χ1n) is 7.98. The molecule has 8 heteroatoms. The van der Waals surface area contributed by atoms with Gasteiger partial charge in [0.25, 0.3) is 5.91 Å². The van der Waals surface area contributed by atoms with Crippen LogP contribution in [-0.4, -0.2) is 30.9 Å². The zero-order valence-electron chi connectivity index (χ0n) is 14.0. The van der Waals surface area contributed by atoms with Gasteiger partial charge in [0, 0.05) is 5.69 Å². The molecule has 1 aliphatic heterocycles. The highest BCUT2D eigenvalue weighted by Gasteiger charge is 2.32. The van der Waals surface area contributed by atoms with Gasteiger partial charge in [0.15, 0.2) is 18.8 Å². The predicted octanol–water partition coefficient (Wildman–Crippen LogP) is 2.74. The van der Waals surface area contributed by atoms with Crippen LogP contribution >= 0.6 is 11.6 Å². The molecule has 1 amide bonds. The molecule has 0 unspecified atom stereocenters. The van der Waals surface area contributed by atoms with Gasteiger partial charge in [-0.15, -0.1) is 0 Å². The molecule has 0 bridgehead atoms. The van der Waals surface area contributed by atoms with Gasteiger partial charge in [0.2, 0.25) is 11.7 Å². The maximum absolute atomic E-state index is 12.3. The van der Waals surface area contributed by atoms with Crippen LogP contribution in [0.2, 0.25) is 5.02 Å². The molecule has 1 aliphatic rings. The Hall–Kier alpha value is -3.32. The van der Waals surface area contributed by atoms with E-state index in [1.165, 1.54) is 0 Å². The SMILES string of the molecule is O=C(COC(=O)C1=C(Nc2ccccc2)OCC1=O)Nc1ccccc1Cl. The zero-order valence-corrected chi connectivity index (χ0v) is 14.8. The number of para-hydroxylation sites is 2. The van der Waals surface area contributed by atoms with Crippen molar-refractivity contribution in [3.05, 3.63) is 71.1 Å². The molecular formula is C19H15ClN2O5. The van der Waals surface area contributed by atoms with Crippen LogP contribution in [0.25, 0.3) is 0 Å². The molecule has 2 N–H and O–H groups in total. The van der Waals surface area contributed by atoms with Gasteiger partial charge < -0.3 is 20.1 Å². The number of ketones is 1. The van der Waals surface area contributed by atoms with Crippen LogP contribution in [-0.2, 0) is 23.9 Å². The lowest BCUT2D eigenvalue weighted by atomic mass is 10.2. The first-order chi connectivity index (χ1) is 13.0. The molecule has 27 heavy (non-hydrogen) atoms. The summed E-state index contributed by atoms with van der Waals surface area (Å²) in [6.07, 6.45) is 0. The van der Waals surface area contributed by atoms with E-state index < -0.39 is 24.3 Å². The second-order valence-electron chi connectivity index (χ2n) is 5.51. The lowest BCUT2D eigenvalue weighted by Gasteiger charge is -2.09. The maximum atomic E-state index is 12.3. The first kappa shape index (κ1) is 18.5. The highest BCUT2D eigenvalue weighted by molar-refractivity contribution is 6.33. The van der Waals surface area contributed by atoms with Gasteiger partial charge in [-0.05, 0) is 24.3 Å². The molecule has 0 spiro atoms. The highest BCUT2D eigenvalue weighted by Crippen LogP contribution is 2.22. The van der Waals surface area contributed by atoms with E-state index in [-0.39, 0.29) is 18.1 Å². The van der Waals surface area contributed by atoms with Gasteiger partial charge in [-0.3, -0.25) is 9.59 Å². The fourth-order valence-corrected chi connectivity index (χ4v) is 2.50. The number of amides is 1. The Kier molecular flexibility index (Phi) is 5.73. The van der Waals surface area contributed by atoms with Crippen molar-refractivity contribution in [2.75, 3.05) is 23.8 Å². The summed E-state index contributed by atoms with van der Waals surface area (Å²) < 4.78 is 10.2. The molecular weight excluding hydrogens is 372 g/mol. The number of rotatable bonds is 6. The van der Waals surface area contributed by atoms with Gasteiger partial charge in [-0.2, -0.15) is 0 Å². The Labute approximate surface area is 159 Å². The monoisotopic (exact) mass is 386 g/mol. The average Bonchev–Trinajstić information content (AvgIpc) is 3.03. The smallest absolute Gasteiger partial charge is 0.347 e. The van der Waals surface area contributed by atoms with Crippen LogP contribution in [0, 0.1) is 0 Å². The second kappa shape index (κ2) is 8.37. The van der Waals surface area contributed by atoms with Gasteiger partial charge in [0.1, 0.15) is 0 Å². The van der Waals surface area contributed by atoms with Crippen LogP contribution in [0.5, 0.6) is 0 Å². The van der Waals surface area contributed by atoms with Crippen LogP contribution in [0.4, 0.5) is 11.4 Å². The Morgan fingerprint density at radius 3 is 2.52 bits per heavy atom. The van der Waals surface area contributed by atoms with Crippen molar-refractivity contribution < 1.29 is 23.9 Å². The summed E-state index contributed by atoms with van der Waals surface area (Å²) >= 11 is 5.95. The maximum Gasteiger partial charge on any atom is 0.347 e. The van der Waals surface area contributed by atoms with E-state index in [1.807, 2.05) is 6.07 Å². The van der Waals surface area contributed by atoms with E-state index in [0.29, 0.717) is 16.4 Å². The summed E-state index contributed by atoms with van der Waals surface area (Å²) in [6.45, 7) is -0.842. The third-order valence-corrected chi connectivity index (χ3v) is 3.90. The minimum atomic E-state index is -0.940. The first-order valence-corrected chi connectivity index (χ1v) is 8.36. The lowest BCUT2D eigenvalue weighted by Crippen LogP contribution is -2.24. The van der Waals surface area contributed by atoms with Crippen LogP contribution in [0.1, 0.15) is 0 Å². The van der Waals surface area contributed by atoms with Gasteiger partial charge in [-0.25, -0.2) is 4.79 Å². The van der Waals surface area contributed by atoms with Crippen molar-refractivity contribution >= 4 is 40.6 Å². The number of hydrogen-bond acceptors (Lipinski definition) is 6. The second-order valence-corrected chi connectivity index (χ2v) is 5.92. The number of carbonyl (C=O) groups is 3. The topological polar surface area (TPSA) is 93.7 Å². The van der Waals surface area contributed by atoms with Gasteiger partial charge in [0.05, 0.1) is 10.7 Å². The summed E-state index contributed by atoms with van der Waals surface area (Å²) in [5.41, 5.74) is 0.777. The van der Waals surface area contributed by atoms with Crippen LogP contribution in [0.15, 0.2) is 66.1 Å². The van der Waals surface area contributed by atoms with Crippen molar-refractivity contribution in [2.45, 2.75) is 0 Å². The minimum Gasteiger partial charge on any atom is -0.470 e. The van der Waals surface area contributed by atoms with E-state index in [4.69, 9.17) is 21.1 Å². The van der Waals surface area contributed by atoms with Crippen LogP contribution < -0.4 is 10.6 Å². The van der Waals surface area contributed by atoms with Gasteiger partial charge >= 0.3 is 5.97 Å². The molecule has 0 saturated heterocycles. The summed E-state index contributed by atoms with van der Waals surface area (Å²) in [7, 11) is 0. The normalized spacial score (nSPS) is 13.1. The molecule has 0 atom stereocenters. The molecule has 0 fully saturated rings. The summed E-state index contributed by atoms with van der Waals surface area (Å²) in [6, 6.07) is 15.6. The Balaban J connectivity index is 1.63. The minimum absolute atomic E-state index is 0.00251. The Bertz CT molecular complexity index is 911. The number of hydrogen-bond donors (Lipinski definition) is 2. The number of Topliss-reactive ketones (excluding diaryl/α,β-unsaturated/α-hetero) is 1. The number of nitrogens with one attached hydrogen (secondary N) is 2. The van der Waals surface area contributed by atoms with E-state index in [9.17, 15) is 14.4 Å². The highest BCUT2D eigenvalue weighted by atomic mass is 35.5. The number of benzene rings is 2. The third kappa shape index (κ3) is 4.65. The van der Waals surface area contributed by atoms with E-state index in [2.05, 4.69) is 10.6 Å². The number of esters is 1. The number of anilines is 2. The number of halogens is 1. The summed E-state index contributed by atoms with van der Waals surface area (Å²) in [5.74, 6) is -2.04. The molecule has 2 aromatic carbocycles. The standard InChI is InChI=1S/C19H15ClN2O5/c20-13-8-4-5-9-14(13)22-16(24)11-27-19(25)17-15(23)10-26-18(17)21-12-6-2-1-3-7-12/h1-9,21H,10-11H2,(H,22,24). The van der Waals surface area contributed by atoms with Crippen LogP contribution in [0.3, 0.4) is 0 Å². The molecule has 2 aromatic rings. The fraction of sp³-hybridized carbons (Fsp3) is 0.105. The zero-order chi connectivity index (χ0) is 19.2. The third-order valence-electron chi connectivity index (χ3n) is 3.57. The quantitative estimate of drug-likeness (QED) is 0.585. The molecule has 3 rings (SSSR count). The fourth-order valence-electron chi connectivity index (χ4n) is 2.32.